The highest BCUT2D eigenvalue weighted by Gasteiger charge is 2.32. The molecule has 2 aromatic rings. The Bertz CT molecular complexity index is 807. The maximum atomic E-state index is 13.0. The molecule has 1 fully saturated rings. The summed E-state index contributed by atoms with van der Waals surface area (Å²) in [5, 5.41) is 2.64. The van der Waals surface area contributed by atoms with Gasteiger partial charge in [0.1, 0.15) is 23.9 Å². The lowest BCUT2D eigenvalue weighted by Crippen LogP contribution is -2.51. The first-order valence-corrected chi connectivity index (χ1v) is 9.92. The lowest BCUT2D eigenvalue weighted by molar-refractivity contribution is 0.0527. The van der Waals surface area contributed by atoms with Crippen LogP contribution in [0.5, 0.6) is 11.5 Å². The number of nitrogens with two attached hydrogens (primary N) is 1. The first-order valence-electron chi connectivity index (χ1n) is 9.04. The van der Waals surface area contributed by atoms with E-state index in [1.807, 2.05) is 28.5 Å². The molecule has 6 nitrogen and oxygen atoms in total. The van der Waals surface area contributed by atoms with E-state index >= 15 is 0 Å². The largest absolute Gasteiger partial charge is 0.486 e. The summed E-state index contributed by atoms with van der Waals surface area (Å²) in [7, 11) is 0. The highest BCUT2D eigenvalue weighted by atomic mass is 32.1. The molecular formula is C19H23N3O3S. The van der Waals surface area contributed by atoms with E-state index in [1.165, 1.54) is 11.3 Å². The van der Waals surface area contributed by atoms with Crippen LogP contribution in [0.15, 0.2) is 23.6 Å². The number of rotatable bonds is 3. The molecule has 0 spiro atoms. The average molecular weight is 373 g/mol. The smallest absolute Gasteiger partial charge is 0.273 e. The fourth-order valence-electron chi connectivity index (χ4n) is 3.69. The van der Waals surface area contributed by atoms with Crippen LogP contribution in [0.3, 0.4) is 0 Å². The summed E-state index contributed by atoms with van der Waals surface area (Å²) in [4.78, 5) is 19.4. The van der Waals surface area contributed by atoms with Crippen LogP contribution in [0.1, 0.15) is 30.3 Å². The minimum Gasteiger partial charge on any atom is -0.486 e. The van der Waals surface area contributed by atoms with Gasteiger partial charge in [-0.25, -0.2) is 4.98 Å². The molecule has 26 heavy (non-hydrogen) atoms. The number of likely N-dealkylation sites (tertiary alicyclic amines) is 1. The molecule has 0 unspecified atom stereocenters. The first-order chi connectivity index (χ1) is 12.7. The summed E-state index contributed by atoms with van der Waals surface area (Å²) in [5.74, 6) is 1.88. The number of hydrogen-bond acceptors (Lipinski definition) is 6. The number of carbonyl (C=O) groups excluding carboxylic acids is 1. The lowest BCUT2D eigenvalue weighted by Gasteiger charge is -2.39. The molecule has 0 bridgehead atoms. The van der Waals surface area contributed by atoms with Crippen LogP contribution in [-0.4, -0.2) is 48.1 Å². The minimum absolute atomic E-state index is 0.0213. The van der Waals surface area contributed by atoms with Crippen molar-refractivity contribution in [2.24, 2.45) is 11.7 Å². The van der Waals surface area contributed by atoms with Crippen molar-refractivity contribution in [3.8, 4) is 22.1 Å². The summed E-state index contributed by atoms with van der Waals surface area (Å²) < 4.78 is 11.2. The Labute approximate surface area is 156 Å². The highest BCUT2D eigenvalue weighted by molar-refractivity contribution is 7.13. The van der Waals surface area contributed by atoms with Gasteiger partial charge in [0.15, 0.2) is 11.5 Å². The van der Waals surface area contributed by atoms with Crippen molar-refractivity contribution in [2.75, 3.05) is 26.3 Å². The predicted octanol–water partition coefficient (Wildman–Crippen LogP) is 2.78. The van der Waals surface area contributed by atoms with Crippen molar-refractivity contribution in [2.45, 2.75) is 25.8 Å². The van der Waals surface area contributed by atoms with Crippen molar-refractivity contribution in [1.82, 2.24) is 9.88 Å². The normalized spacial score (nSPS) is 22.3. The second kappa shape index (κ2) is 7.25. The summed E-state index contributed by atoms with van der Waals surface area (Å²) in [6.45, 7) is 4.52. The molecule has 0 aliphatic carbocycles. The Balaban J connectivity index is 1.57. The van der Waals surface area contributed by atoms with E-state index in [-0.39, 0.29) is 11.9 Å². The topological polar surface area (TPSA) is 77.7 Å². The fourth-order valence-corrected chi connectivity index (χ4v) is 4.48. The van der Waals surface area contributed by atoms with Gasteiger partial charge >= 0.3 is 0 Å². The van der Waals surface area contributed by atoms with Crippen LogP contribution in [0.25, 0.3) is 10.6 Å². The number of piperidine rings is 1. The third kappa shape index (κ3) is 3.17. The van der Waals surface area contributed by atoms with Gasteiger partial charge in [-0.1, -0.05) is 6.92 Å². The van der Waals surface area contributed by atoms with Gasteiger partial charge in [-0.3, -0.25) is 4.79 Å². The number of aromatic nitrogens is 1. The number of nitrogens with zero attached hydrogens (tertiary/aromatic N) is 2. The molecule has 0 saturated carbocycles. The molecule has 1 aromatic carbocycles. The number of thiazole rings is 1. The van der Waals surface area contributed by atoms with E-state index in [4.69, 9.17) is 15.2 Å². The summed E-state index contributed by atoms with van der Waals surface area (Å²) >= 11 is 1.47. The van der Waals surface area contributed by atoms with Crippen LogP contribution in [-0.2, 0) is 0 Å². The van der Waals surface area contributed by atoms with Crippen LogP contribution in [0.2, 0.25) is 0 Å². The van der Waals surface area contributed by atoms with E-state index < -0.39 is 0 Å². The Morgan fingerprint density at radius 1 is 1.35 bits per heavy atom. The van der Waals surface area contributed by atoms with Crippen LogP contribution in [0, 0.1) is 5.92 Å². The molecule has 4 rings (SSSR count). The van der Waals surface area contributed by atoms with Gasteiger partial charge < -0.3 is 20.1 Å². The first kappa shape index (κ1) is 17.3. The third-order valence-electron chi connectivity index (χ3n) is 5.13. The van der Waals surface area contributed by atoms with E-state index in [9.17, 15) is 4.79 Å². The number of hydrogen-bond donors (Lipinski definition) is 1. The van der Waals surface area contributed by atoms with Crippen molar-refractivity contribution in [3.05, 3.63) is 29.3 Å². The van der Waals surface area contributed by atoms with Crippen molar-refractivity contribution >= 4 is 17.2 Å². The molecule has 1 amide bonds. The summed E-state index contributed by atoms with van der Waals surface area (Å²) in [6, 6.07) is 5.86. The lowest BCUT2D eigenvalue weighted by atomic mass is 9.90. The molecule has 7 heteroatoms. The van der Waals surface area contributed by atoms with E-state index in [2.05, 4.69) is 11.9 Å². The van der Waals surface area contributed by atoms with E-state index in [0.717, 1.165) is 41.5 Å². The van der Waals surface area contributed by atoms with E-state index in [1.54, 1.807) is 0 Å². The van der Waals surface area contributed by atoms with Crippen molar-refractivity contribution in [3.63, 3.8) is 0 Å². The maximum Gasteiger partial charge on any atom is 0.273 e. The third-order valence-corrected chi connectivity index (χ3v) is 6.02. The zero-order chi connectivity index (χ0) is 18.1. The van der Waals surface area contributed by atoms with Gasteiger partial charge in [0.05, 0.1) is 0 Å². The molecule has 1 saturated heterocycles. The average Bonchev–Trinajstić information content (AvgIpc) is 3.17. The number of benzene rings is 1. The number of ether oxygens (including phenoxy) is 2. The van der Waals surface area contributed by atoms with Gasteiger partial charge in [0.25, 0.3) is 5.91 Å². The summed E-state index contributed by atoms with van der Waals surface area (Å²) in [5.41, 5.74) is 7.35. The predicted molar refractivity (Wildman–Crippen MR) is 101 cm³/mol. The van der Waals surface area contributed by atoms with Gasteiger partial charge in [-0.2, -0.15) is 0 Å². The van der Waals surface area contributed by atoms with E-state index in [0.29, 0.717) is 31.4 Å². The second-order valence-corrected chi connectivity index (χ2v) is 7.68. The Morgan fingerprint density at radius 2 is 2.15 bits per heavy atom. The Morgan fingerprint density at radius 3 is 2.96 bits per heavy atom. The maximum absolute atomic E-state index is 13.0. The molecular weight excluding hydrogens is 350 g/mol. The van der Waals surface area contributed by atoms with Gasteiger partial charge in [-0.05, 0) is 37.0 Å². The SMILES string of the molecule is C[C@@H]1CCCN(C(=O)c2csc(-c3ccc4c(c3)OCCO4)n2)[C@H]1CN. The fraction of sp³-hybridized carbons (Fsp3) is 0.474. The number of fused-ring (bicyclic) bond motifs is 1. The molecule has 2 aliphatic rings. The minimum atomic E-state index is -0.0213. The van der Waals surface area contributed by atoms with Gasteiger partial charge in [-0.15, -0.1) is 11.3 Å². The van der Waals surface area contributed by atoms with Crippen LogP contribution >= 0.6 is 11.3 Å². The van der Waals surface area contributed by atoms with Crippen molar-refractivity contribution < 1.29 is 14.3 Å². The van der Waals surface area contributed by atoms with Gasteiger partial charge in [0.2, 0.25) is 0 Å². The van der Waals surface area contributed by atoms with Crippen molar-refractivity contribution in [1.29, 1.82) is 0 Å². The number of carbonyl (C=O) groups is 1. The molecule has 2 aliphatic heterocycles. The second-order valence-electron chi connectivity index (χ2n) is 6.82. The highest BCUT2D eigenvalue weighted by Crippen LogP contribution is 2.35. The summed E-state index contributed by atoms with van der Waals surface area (Å²) in [6.07, 6.45) is 2.13. The number of amides is 1. The zero-order valence-electron chi connectivity index (χ0n) is 14.8. The Kier molecular flexibility index (Phi) is 4.82. The molecule has 1 aromatic heterocycles. The quantitative estimate of drug-likeness (QED) is 0.895. The standard InChI is InChI=1S/C19H23N3O3S/c1-12-3-2-6-22(15(12)10-20)19(23)14-11-26-18(21-14)13-4-5-16-17(9-13)25-8-7-24-16/h4-5,9,11-12,15H,2-3,6-8,10,20H2,1H3/t12-,15+/m1/s1. The zero-order valence-corrected chi connectivity index (χ0v) is 15.6. The Hall–Kier alpha value is -2.12. The monoisotopic (exact) mass is 373 g/mol. The molecule has 138 valence electrons. The molecule has 0 radical (unpaired) electrons. The molecule has 2 N–H and O–H groups in total. The van der Waals surface area contributed by atoms with Crippen LogP contribution in [0.4, 0.5) is 0 Å². The molecule has 3 heterocycles. The van der Waals surface area contributed by atoms with Crippen LogP contribution < -0.4 is 15.2 Å². The van der Waals surface area contributed by atoms with Gasteiger partial charge in [0, 0.05) is 30.1 Å². The molecule has 2 atom stereocenters.